The number of nitrogens with one attached hydrogen (secondary N) is 2. The summed E-state index contributed by atoms with van der Waals surface area (Å²) >= 11 is 0. The zero-order valence-corrected chi connectivity index (χ0v) is 42.9. The Morgan fingerprint density at radius 2 is 1.01 bits per heavy atom. The van der Waals surface area contributed by atoms with Crippen LogP contribution in [-0.4, -0.2) is 68.9 Å². The molecule has 3 aliphatic carbocycles. The highest BCUT2D eigenvalue weighted by atomic mass is 32.2. The fourth-order valence-electron chi connectivity index (χ4n) is 12.3. The minimum absolute atomic E-state index is 0.0106. The van der Waals surface area contributed by atoms with E-state index >= 15 is 17.6 Å². The molecule has 4 heterocycles. The fraction of sp³-hybridized carbons (Fsp3) is 0.418. The summed E-state index contributed by atoms with van der Waals surface area (Å²) in [5.41, 5.74) is -3.76. The molecule has 5 fully saturated rings. The predicted octanol–water partition coefficient (Wildman–Crippen LogP) is 8.82. The van der Waals surface area contributed by atoms with E-state index in [1.807, 2.05) is 12.1 Å². The number of aliphatic hydroxyl groups is 2. The SMILES string of the molecule is C=CC1(O)CC(c2c[nH]c(=O)o2)(c2cc(F)c(CN3[C@@H](C)CC[C@H](c4ccccc4)S3(=O)=O)cc2F)C1.C[C@H]1CC[C@H](c2ccccc2)S(=O)(=O)N1Cc1cc(F)c(C2(c3c[nH]c(=O)o3)CC(O)(C3CC3)C2)cc1F. The summed E-state index contributed by atoms with van der Waals surface area (Å²) in [5.74, 6) is -4.19. The van der Waals surface area contributed by atoms with Gasteiger partial charge in [-0.05, 0) is 119 Å². The number of aromatic nitrogens is 2. The van der Waals surface area contributed by atoms with Crippen LogP contribution in [0.25, 0.3) is 0 Å². The Bertz CT molecular complexity index is 3470. The van der Waals surface area contributed by atoms with Crippen LogP contribution in [0.4, 0.5) is 17.6 Å². The maximum atomic E-state index is 15.7. The number of oxazole rings is 2. The van der Waals surface area contributed by atoms with E-state index in [4.69, 9.17) is 8.83 Å². The van der Waals surface area contributed by atoms with Crippen LogP contribution in [0.1, 0.15) is 133 Å². The highest BCUT2D eigenvalue weighted by Gasteiger charge is 2.64. The molecule has 20 heteroatoms. The van der Waals surface area contributed by atoms with Crippen molar-refractivity contribution in [2.75, 3.05) is 0 Å². The van der Waals surface area contributed by atoms with Gasteiger partial charge in [0, 0.05) is 59.8 Å². The van der Waals surface area contributed by atoms with Gasteiger partial charge in [-0.2, -0.15) is 8.61 Å². The molecule has 11 rings (SSSR count). The van der Waals surface area contributed by atoms with Gasteiger partial charge in [0.05, 0.1) is 22.0 Å². The van der Waals surface area contributed by atoms with Crippen molar-refractivity contribution in [3.63, 3.8) is 0 Å². The van der Waals surface area contributed by atoms with Crippen molar-refractivity contribution in [2.45, 2.75) is 136 Å². The first kappa shape index (κ1) is 52.5. The molecule has 75 heavy (non-hydrogen) atoms. The molecule has 0 bridgehead atoms. The summed E-state index contributed by atoms with van der Waals surface area (Å²) in [7, 11) is -7.67. The van der Waals surface area contributed by atoms with E-state index in [1.54, 1.807) is 62.4 Å². The van der Waals surface area contributed by atoms with Gasteiger partial charge in [-0.15, -0.1) is 6.58 Å². The second-order valence-corrected chi connectivity index (χ2v) is 25.5. The first-order valence-corrected chi connectivity index (χ1v) is 28.1. The third kappa shape index (κ3) is 9.38. The van der Waals surface area contributed by atoms with E-state index in [9.17, 15) is 36.6 Å². The highest BCUT2D eigenvalue weighted by molar-refractivity contribution is 7.89. The number of sulfonamides is 2. The lowest BCUT2D eigenvalue weighted by atomic mass is 9.53. The Hall–Kier alpha value is -5.90. The van der Waals surface area contributed by atoms with E-state index in [1.165, 1.54) is 27.1 Å². The molecule has 4 atom stereocenters. The molecular formula is C55H58F4N4O10S2. The van der Waals surface area contributed by atoms with Crippen LogP contribution in [0.15, 0.2) is 128 Å². The molecule has 0 radical (unpaired) electrons. The smallest absolute Gasteiger partial charge is 0.412 e. The third-order valence-electron chi connectivity index (χ3n) is 16.5. The second-order valence-electron chi connectivity index (χ2n) is 21.3. The van der Waals surface area contributed by atoms with E-state index in [-0.39, 0.29) is 90.5 Å². The Morgan fingerprint density at radius 3 is 1.37 bits per heavy atom. The van der Waals surface area contributed by atoms with Crippen molar-refractivity contribution in [2.24, 2.45) is 5.92 Å². The van der Waals surface area contributed by atoms with Gasteiger partial charge in [-0.1, -0.05) is 66.7 Å². The van der Waals surface area contributed by atoms with Crippen LogP contribution in [0.5, 0.6) is 0 Å². The van der Waals surface area contributed by atoms with Gasteiger partial charge in [-0.25, -0.2) is 44.0 Å². The van der Waals surface area contributed by atoms with Crippen molar-refractivity contribution >= 4 is 20.0 Å². The Labute approximate surface area is 431 Å². The molecule has 0 spiro atoms. The molecule has 2 saturated heterocycles. The number of halogens is 4. The van der Waals surface area contributed by atoms with Crippen LogP contribution in [0, 0.1) is 29.2 Å². The summed E-state index contributed by atoms with van der Waals surface area (Å²) in [6.07, 6.45) is 7.84. The Morgan fingerprint density at radius 1 is 0.613 bits per heavy atom. The van der Waals surface area contributed by atoms with Gasteiger partial charge in [0.2, 0.25) is 20.0 Å². The highest BCUT2D eigenvalue weighted by Crippen LogP contribution is 2.62. The maximum absolute atomic E-state index is 15.7. The standard InChI is InChI=1S/C28H30F2N2O5S.C27H28F2N2O5S/c1-17-7-10-24(18-5-3-2-4-6-18)38(35,36)32(17)14-19-11-23(30)21(12-22(19)29)27(25-13-31-26(33)37-25)15-28(34,16-27)20-8-9-20;1-3-26(33)15-27(16-26,24-13-30-25(32)36-24)20-12-21(28)19(11-22(20)29)14-31-17(2)9-10-23(37(31,34)35)18-7-5-4-6-8-18/h2-6,11-13,17,20,24,34H,7-10,14-16H2,1H3,(H,31,33);3-8,11-13,17,23,33H,1,9-10,14-16H2,2H3,(H,30,32)/t17-,24+,27?,28?;17-,23+,26?,27?/m00/s1. The summed E-state index contributed by atoms with van der Waals surface area (Å²) in [4.78, 5) is 28.2. The zero-order chi connectivity index (χ0) is 53.5. The molecule has 14 nitrogen and oxygen atoms in total. The minimum Gasteiger partial charge on any atom is -0.412 e. The molecule has 6 aromatic rings. The fourth-order valence-corrected chi connectivity index (χ4v) is 16.6. The number of rotatable bonds is 12. The molecule has 0 unspecified atom stereocenters. The summed E-state index contributed by atoms with van der Waals surface area (Å²) in [6, 6.07) is 21.2. The van der Waals surface area contributed by atoms with Crippen molar-refractivity contribution in [3.05, 3.63) is 199 Å². The zero-order valence-electron chi connectivity index (χ0n) is 41.3. The quantitative estimate of drug-likeness (QED) is 0.0677. The van der Waals surface area contributed by atoms with E-state index in [0.29, 0.717) is 36.8 Å². The maximum Gasteiger partial charge on any atom is 0.416 e. The Balaban J connectivity index is 0.000000171. The molecule has 0 amide bonds. The lowest BCUT2D eigenvalue weighted by Crippen LogP contribution is -2.57. The molecule has 3 saturated carbocycles. The average Bonchev–Trinajstić information content (AvgIpc) is 4.03. The summed E-state index contributed by atoms with van der Waals surface area (Å²) in [6.45, 7) is 6.52. The van der Waals surface area contributed by atoms with Crippen LogP contribution >= 0.6 is 0 Å². The summed E-state index contributed by atoms with van der Waals surface area (Å²) < 4.78 is 130. The van der Waals surface area contributed by atoms with Crippen LogP contribution < -0.4 is 11.5 Å². The van der Waals surface area contributed by atoms with Crippen LogP contribution in [0.3, 0.4) is 0 Å². The third-order valence-corrected chi connectivity index (χ3v) is 21.2. The van der Waals surface area contributed by atoms with Gasteiger partial charge in [-0.3, -0.25) is 9.97 Å². The van der Waals surface area contributed by atoms with Gasteiger partial charge in [0.1, 0.15) is 45.3 Å². The predicted molar refractivity (Wildman–Crippen MR) is 269 cm³/mol. The topological polar surface area (TPSA) is 207 Å². The number of nitrogens with zero attached hydrogens (tertiary/aromatic N) is 2. The van der Waals surface area contributed by atoms with E-state index < -0.39 is 87.4 Å². The van der Waals surface area contributed by atoms with Gasteiger partial charge < -0.3 is 19.0 Å². The number of benzene rings is 4. The number of H-pyrrole nitrogens is 2. The van der Waals surface area contributed by atoms with Crippen molar-refractivity contribution in [3.8, 4) is 0 Å². The summed E-state index contributed by atoms with van der Waals surface area (Å²) in [5, 5.41) is 20.1. The van der Waals surface area contributed by atoms with E-state index in [0.717, 1.165) is 37.1 Å². The van der Waals surface area contributed by atoms with Crippen molar-refractivity contribution in [1.82, 2.24) is 18.6 Å². The number of hydrogen-bond donors (Lipinski definition) is 4. The molecule has 5 aliphatic rings. The lowest BCUT2D eigenvalue weighted by molar-refractivity contribution is -0.101. The first-order chi connectivity index (χ1) is 35.5. The molecule has 2 aromatic heterocycles. The normalized spacial score (nSPS) is 30.3. The Kier molecular flexibility index (Phi) is 13.5. The molecule has 2 aliphatic heterocycles. The van der Waals surface area contributed by atoms with Crippen molar-refractivity contribution in [1.29, 1.82) is 0 Å². The lowest BCUT2D eigenvalue weighted by Gasteiger charge is -2.53. The van der Waals surface area contributed by atoms with Crippen LogP contribution in [-0.2, 0) is 44.0 Å². The number of hydrogen-bond acceptors (Lipinski definition) is 10. The number of aromatic amines is 2. The van der Waals surface area contributed by atoms with Gasteiger partial charge in [0.15, 0.2) is 0 Å². The van der Waals surface area contributed by atoms with Gasteiger partial charge >= 0.3 is 11.5 Å². The molecule has 4 N–H and O–H groups in total. The first-order valence-electron chi connectivity index (χ1n) is 25.1. The van der Waals surface area contributed by atoms with E-state index in [2.05, 4.69) is 16.5 Å². The average molecular weight is 1080 g/mol. The molecule has 398 valence electrons. The molecule has 4 aromatic carbocycles. The largest absolute Gasteiger partial charge is 0.416 e. The van der Waals surface area contributed by atoms with Crippen LogP contribution in [0.2, 0.25) is 0 Å². The second kappa shape index (κ2) is 19.3. The minimum atomic E-state index is -3.84. The molecular weight excluding hydrogens is 1020 g/mol. The van der Waals surface area contributed by atoms with Gasteiger partial charge in [0.25, 0.3) is 0 Å². The monoisotopic (exact) mass is 1070 g/mol. The van der Waals surface area contributed by atoms with Crippen molar-refractivity contribution < 1.29 is 53.4 Å².